The van der Waals surface area contributed by atoms with Crippen LogP contribution < -0.4 is 5.32 Å². The Morgan fingerprint density at radius 3 is 2.35 bits per heavy atom. The van der Waals surface area contributed by atoms with Gasteiger partial charge in [-0.05, 0) is 50.1 Å². The number of rotatable bonds is 2. The molecule has 1 amide bonds. The molecule has 2 nitrogen and oxygen atoms in total. The van der Waals surface area contributed by atoms with Crippen LogP contribution in [0.1, 0.15) is 32.6 Å². The zero-order valence-corrected chi connectivity index (χ0v) is 11.9. The summed E-state index contributed by atoms with van der Waals surface area (Å²) < 4.78 is 0. The molecule has 0 atom stereocenters. The third-order valence-electron chi connectivity index (χ3n) is 3.19. The molecular weight excluding hydrogens is 246 g/mol. The second kappa shape index (κ2) is 5.63. The molecule has 0 spiro atoms. The summed E-state index contributed by atoms with van der Waals surface area (Å²) in [5.41, 5.74) is 5.30. The van der Waals surface area contributed by atoms with Gasteiger partial charge in [-0.3, -0.25) is 4.79 Å². The van der Waals surface area contributed by atoms with Crippen LogP contribution in [0.2, 0.25) is 0 Å². The van der Waals surface area contributed by atoms with Gasteiger partial charge in [0.15, 0.2) is 0 Å². The van der Waals surface area contributed by atoms with Crippen molar-refractivity contribution in [1.29, 1.82) is 0 Å². The van der Waals surface area contributed by atoms with Gasteiger partial charge in [-0.15, -0.1) is 6.42 Å². The van der Waals surface area contributed by atoms with Gasteiger partial charge in [-0.25, -0.2) is 0 Å². The summed E-state index contributed by atoms with van der Waals surface area (Å²) in [5, 5.41) is 2.90. The Hall–Kier alpha value is -2.53. The topological polar surface area (TPSA) is 29.1 Å². The summed E-state index contributed by atoms with van der Waals surface area (Å²) in [4.78, 5) is 12.4. The molecule has 0 aliphatic heterocycles. The van der Waals surface area contributed by atoms with E-state index >= 15 is 0 Å². The summed E-state index contributed by atoms with van der Waals surface area (Å²) in [7, 11) is 0. The highest BCUT2D eigenvalue weighted by atomic mass is 16.1. The average Bonchev–Trinajstić information content (AvgIpc) is 2.37. The minimum atomic E-state index is -0.103. The summed E-state index contributed by atoms with van der Waals surface area (Å²) >= 11 is 0. The van der Waals surface area contributed by atoms with Crippen LogP contribution in [0.25, 0.3) is 0 Å². The van der Waals surface area contributed by atoms with Gasteiger partial charge in [0.1, 0.15) is 0 Å². The van der Waals surface area contributed by atoms with Crippen LogP contribution in [-0.2, 0) is 0 Å². The maximum absolute atomic E-state index is 12.4. The van der Waals surface area contributed by atoms with Crippen LogP contribution >= 0.6 is 0 Å². The van der Waals surface area contributed by atoms with Crippen molar-refractivity contribution < 1.29 is 4.79 Å². The summed E-state index contributed by atoms with van der Waals surface area (Å²) in [5.74, 6) is 2.46. The van der Waals surface area contributed by atoms with Crippen LogP contribution in [0.5, 0.6) is 0 Å². The van der Waals surface area contributed by atoms with Crippen molar-refractivity contribution in [1.82, 2.24) is 0 Å². The van der Waals surface area contributed by atoms with Gasteiger partial charge in [-0.2, -0.15) is 0 Å². The lowest BCUT2D eigenvalue weighted by molar-refractivity contribution is 0.102. The summed E-state index contributed by atoms with van der Waals surface area (Å²) in [6.45, 7) is 5.93. The number of carbonyl (C=O) groups excluding carboxylic acids is 1. The molecule has 1 N–H and O–H groups in total. The highest BCUT2D eigenvalue weighted by Gasteiger charge is 2.13. The van der Waals surface area contributed by atoms with Crippen molar-refractivity contribution in [2.75, 3.05) is 5.32 Å². The standard InChI is InChI=1S/C18H17NO/c1-5-15-7-6-8-16(11-15)19-18(20)17-13(3)9-12(2)10-14(17)4/h1,6-11H,2-4H3,(H,19,20). The molecule has 0 aromatic heterocycles. The largest absolute Gasteiger partial charge is 0.322 e. The van der Waals surface area contributed by atoms with E-state index in [9.17, 15) is 4.79 Å². The van der Waals surface area contributed by atoms with E-state index < -0.39 is 0 Å². The van der Waals surface area contributed by atoms with Crippen LogP contribution in [0.4, 0.5) is 5.69 Å². The smallest absolute Gasteiger partial charge is 0.256 e. The second-order valence-electron chi connectivity index (χ2n) is 4.95. The lowest BCUT2D eigenvalue weighted by Gasteiger charge is -2.12. The SMILES string of the molecule is C#Cc1cccc(NC(=O)c2c(C)cc(C)cc2C)c1. The molecule has 2 heteroatoms. The number of hydrogen-bond acceptors (Lipinski definition) is 1. The molecule has 0 saturated heterocycles. The van der Waals surface area contributed by atoms with Crippen LogP contribution in [-0.4, -0.2) is 5.91 Å². The second-order valence-corrected chi connectivity index (χ2v) is 4.95. The van der Waals surface area contributed by atoms with Crippen LogP contribution in [0, 0.1) is 33.1 Å². The predicted molar refractivity (Wildman–Crippen MR) is 83.0 cm³/mol. The fourth-order valence-corrected chi connectivity index (χ4v) is 2.42. The Labute approximate surface area is 119 Å². The van der Waals surface area contributed by atoms with Crippen molar-refractivity contribution in [3.63, 3.8) is 0 Å². The first kappa shape index (κ1) is 13.9. The normalized spacial score (nSPS) is 9.90. The summed E-state index contributed by atoms with van der Waals surface area (Å²) in [6.07, 6.45) is 5.36. The Morgan fingerprint density at radius 1 is 1.10 bits per heavy atom. The van der Waals surface area contributed by atoms with E-state index in [4.69, 9.17) is 6.42 Å². The number of amides is 1. The van der Waals surface area contributed by atoms with Crippen molar-refractivity contribution in [3.8, 4) is 12.3 Å². The third kappa shape index (κ3) is 2.89. The summed E-state index contributed by atoms with van der Waals surface area (Å²) in [6, 6.07) is 11.3. The number of carbonyl (C=O) groups is 1. The first-order chi connectivity index (χ1) is 9.51. The van der Waals surface area contributed by atoms with E-state index in [2.05, 4.69) is 11.2 Å². The average molecular weight is 263 g/mol. The van der Waals surface area contributed by atoms with Crippen LogP contribution in [0.15, 0.2) is 36.4 Å². The van der Waals surface area contributed by atoms with Gasteiger partial charge in [0.05, 0.1) is 0 Å². The first-order valence-corrected chi connectivity index (χ1v) is 6.47. The molecule has 2 rings (SSSR count). The monoisotopic (exact) mass is 263 g/mol. The number of nitrogens with one attached hydrogen (secondary N) is 1. The molecule has 0 aliphatic rings. The van der Waals surface area contributed by atoms with E-state index in [1.54, 1.807) is 6.07 Å². The van der Waals surface area contributed by atoms with Crippen molar-refractivity contribution >= 4 is 11.6 Å². The fourth-order valence-electron chi connectivity index (χ4n) is 2.42. The van der Waals surface area contributed by atoms with Crippen molar-refractivity contribution in [2.45, 2.75) is 20.8 Å². The zero-order chi connectivity index (χ0) is 14.7. The Bertz CT molecular complexity index is 685. The van der Waals surface area contributed by atoms with E-state index in [-0.39, 0.29) is 5.91 Å². The van der Waals surface area contributed by atoms with Gasteiger partial charge >= 0.3 is 0 Å². The molecule has 0 radical (unpaired) electrons. The molecular formula is C18H17NO. The quantitative estimate of drug-likeness (QED) is 0.819. The fraction of sp³-hybridized carbons (Fsp3) is 0.167. The van der Waals surface area contributed by atoms with E-state index in [1.807, 2.05) is 51.1 Å². The maximum Gasteiger partial charge on any atom is 0.256 e. The molecule has 0 aliphatic carbocycles. The molecule has 0 saturated carbocycles. The van der Waals surface area contributed by atoms with E-state index in [0.717, 1.165) is 27.8 Å². The Kier molecular flexibility index (Phi) is 3.91. The first-order valence-electron chi connectivity index (χ1n) is 6.47. The lowest BCUT2D eigenvalue weighted by atomic mass is 9.99. The molecule has 0 fully saturated rings. The molecule has 0 heterocycles. The molecule has 2 aromatic carbocycles. The molecule has 0 unspecified atom stereocenters. The maximum atomic E-state index is 12.4. The molecule has 20 heavy (non-hydrogen) atoms. The lowest BCUT2D eigenvalue weighted by Crippen LogP contribution is -2.15. The molecule has 100 valence electrons. The number of hydrogen-bond donors (Lipinski definition) is 1. The van der Waals surface area contributed by atoms with Crippen molar-refractivity contribution in [2.24, 2.45) is 0 Å². The van der Waals surface area contributed by atoms with Gasteiger partial charge < -0.3 is 5.32 Å². The van der Waals surface area contributed by atoms with Gasteiger partial charge in [0.25, 0.3) is 5.91 Å². The highest BCUT2D eigenvalue weighted by Crippen LogP contribution is 2.18. The van der Waals surface area contributed by atoms with E-state index in [0.29, 0.717) is 5.69 Å². The highest BCUT2D eigenvalue weighted by molar-refractivity contribution is 6.06. The Morgan fingerprint density at radius 2 is 1.75 bits per heavy atom. The predicted octanol–water partition coefficient (Wildman–Crippen LogP) is 3.85. The minimum absolute atomic E-state index is 0.103. The molecule has 0 bridgehead atoms. The van der Waals surface area contributed by atoms with Gasteiger partial charge in [0, 0.05) is 16.8 Å². The number of anilines is 1. The minimum Gasteiger partial charge on any atom is -0.322 e. The number of benzene rings is 2. The third-order valence-corrected chi connectivity index (χ3v) is 3.19. The Balaban J connectivity index is 2.31. The van der Waals surface area contributed by atoms with Crippen LogP contribution in [0.3, 0.4) is 0 Å². The van der Waals surface area contributed by atoms with E-state index in [1.165, 1.54) is 0 Å². The number of aryl methyl sites for hydroxylation is 3. The zero-order valence-electron chi connectivity index (χ0n) is 11.9. The molecule has 2 aromatic rings. The van der Waals surface area contributed by atoms with Crippen molar-refractivity contribution in [3.05, 3.63) is 64.2 Å². The van der Waals surface area contributed by atoms with Gasteiger partial charge in [0.2, 0.25) is 0 Å². The number of terminal acetylenes is 1. The van der Waals surface area contributed by atoms with Gasteiger partial charge in [-0.1, -0.05) is 29.7 Å².